The molecule has 0 aromatic carbocycles. The fourth-order valence-electron chi connectivity index (χ4n) is 2.66. The van der Waals surface area contributed by atoms with E-state index < -0.39 is 33.7 Å². The molecule has 1 aromatic heterocycles. The molecule has 1 aliphatic rings. The van der Waals surface area contributed by atoms with Gasteiger partial charge in [-0.25, -0.2) is 8.42 Å². The normalized spacial score (nSPS) is 20.5. The van der Waals surface area contributed by atoms with E-state index in [0.717, 1.165) is 3.79 Å². The number of ether oxygens (including phenoxy) is 1. The largest absolute Gasteiger partial charge is 0.381 e. The van der Waals surface area contributed by atoms with Crippen LogP contribution in [0.1, 0.15) is 23.0 Å². The number of hydrogen-bond acceptors (Lipinski definition) is 7. The number of amides is 3. The second-order valence-electron chi connectivity index (χ2n) is 6.16. The van der Waals surface area contributed by atoms with E-state index in [2.05, 4.69) is 31.9 Å². The molecular formula is C16H22BrN3O6S2. The number of thiophene rings is 1. The highest BCUT2D eigenvalue weighted by atomic mass is 79.9. The molecule has 156 valence electrons. The van der Waals surface area contributed by atoms with Gasteiger partial charge in [-0.1, -0.05) is 0 Å². The molecule has 2 atom stereocenters. The first-order valence-corrected chi connectivity index (χ1v) is 12.0. The van der Waals surface area contributed by atoms with Crippen LogP contribution in [0.4, 0.5) is 0 Å². The topological polar surface area (TPSA) is 131 Å². The van der Waals surface area contributed by atoms with Gasteiger partial charge in [-0.15, -0.1) is 11.3 Å². The van der Waals surface area contributed by atoms with Crippen LogP contribution in [0.5, 0.6) is 0 Å². The van der Waals surface area contributed by atoms with Crippen LogP contribution in [0, 0.1) is 0 Å². The maximum Gasteiger partial charge on any atom is 0.261 e. The van der Waals surface area contributed by atoms with Crippen LogP contribution in [-0.4, -0.2) is 69.5 Å². The van der Waals surface area contributed by atoms with E-state index in [0.29, 0.717) is 11.5 Å². The van der Waals surface area contributed by atoms with Gasteiger partial charge in [-0.2, -0.15) is 0 Å². The van der Waals surface area contributed by atoms with Crippen LogP contribution in [0.15, 0.2) is 15.9 Å². The van der Waals surface area contributed by atoms with Crippen molar-refractivity contribution in [3.8, 4) is 0 Å². The molecule has 1 aromatic rings. The van der Waals surface area contributed by atoms with Crippen LogP contribution >= 0.6 is 27.3 Å². The minimum Gasteiger partial charge on any atom is -0.381 e. The van der Waals surface area contributed by atoms with Crippen molar-refractivity contribution in [1.82, 2.24) is 16.0 Å². The summed E-state index contributed by atoms with van der Waals surface area (Å²) in [4.78, 5) is 36.5. The lowest BCUT2D eigenvalue weighted by atomic mass is 10.1. The summed E-state index contributed by atoms with van der Waals surface area (Å²) in [6, 6.07) is 1.88. The van der Waals surface area contributed by atoms with Crippen LogP contribution in [0.3, 0.4) is 0 Å². The number of carbonyl (C=O) groups excluding carboxylic acids is 3. The predicted molar refractivity (Wildman–Crippen MR) is 108 cm³/mol. The maximum atomic E-state index is 12.1. The van der Waals surface area contributed by atoms with Crippen molar-refractivity contribution in [2.45, 2.75) is 25.4 Å². The average Bonchev–Trinajstić information content (AvgIpc) is 3.16. The van der Waals surface area contributed by atoms with Crippen molar-refractivity contribution >= 4 is 54.8 Å². The Morgan fingerprint density at radius 2 is 1.82 bits per heavy atom. The Bertz CT molecular complexity index is 826. The van der Waals surface area contributed by atoms with Gasteiger partial charge in [0.2, 0.25) is 11.8 Å². The zero-order chi connectivity index (χ0) is 20.7. The second-order valence-corrected chi connectivity index (χ2v) is 10.8. The zero-order valence-corrected chi connectivity index (χ0v) is 18.4. The highest BCUT2D eigenvalue weighted by Crippen LogP contribution is 2.21. The van der Waals surface area contributed by atoms with Gasteiger partial charge >= 0.3 is 0 Å². The van der Waals surface area contributed by atoms with Gasteiger partial charge in [0.25, 0.3) is 5.91 Å². The molecular weight excluding hydrogens is 474 g/mol. The number of nitrogens with one attached hydrogen (secondary N) is 3. The molecule has 2 heterocycles. The summed E-state index contributed by atoms with van der Waals surface area (Å²) in [7, 11) is -3.38. The highest BCUT2D eigenvalue weighted by Gasteiger charge is 2.39. The molecule has 0 radical (unpaired) electrons. The molecule has 3 amide bonds. The SMILES string of the molecule is CCOCCC(=O)NC1CS(=O)(=O)CC1NC(=O)CNC(=O)c1ccc(Br)s1. The first-order chi connectivity index (χ1) is 13.2. The van der Waals surface area contributed by atoms with E-state index in [1.165, 1.54) is 11.3 Å². The molecule has 1 fully saturated rings. The Morgan fingerprint density at radius 3 is 2.39 bits per heavy atom. The lowest BCUT2D eigenvalue weighted by molar-refractivity contribution is -0.124. The molecule has 12 heteroatoms. The Morgan fingerprint density at radius 1 is 1.18 bits per heavy atom. The van der Waals surface area contributed by atoms with Gasteiger partial charge < -0.3 is 20.7 Å². The summed E-state index contributed by atoms with van der Waals surface area (Å²) < 4.78 is 29.8. The first kappa shape index (κ1) is 22.8. The molecule has 0 spiro atoms. The smallest absolute Gasteiger partial charge is 0.261 e. The number of carbonyl (C=O) groups is 3. The number of rotatable bonds is 9. The van der Waals surface area contributed by atoms with Gasteiger partial charge in [-0.05, 0) is 35.0 Å². The van der Waals surface area contributed by atoms with Crippen LogP contribution in [-0.2, 0) is 24.2 Å². The lowest BCUT2D eigenvalue weighted by Crippen LogP contribution is -2.52. The van der Waals surface area contributed by atoms with Gasteiger partial charge in [0.1, 0.15) is 0 Å². The van der Waals surface area contributed by atoms with Gasteiger partial charge in [0.05, 0.1) is 45.4 Å². The Kier molecular flexibility index (Phi) is 8.40. The molecule has 28 heavy (non-hydrogen) atoms. The molecule has 1 aliphatic heterocycles. The summed E-state index contributed by atoms with van der Waals surface area (Å²) in [5.74, 6) is -1.77. The van der Waals surface area contributed by atoms with E-state index in [4.69, 9.17) is 4.74 Å². The fourth-order valence-corrected chi connectivity index (χ4v) is 5.83. The molecule has 2 rings (SSSR count). The monoisotopic (exact) mass is 495 g/mol. The maximum absolute atomic E-state index is 12.1. The third-order valence-electron chi connectivity index (χ3n) is 3.93. The first-order valence-electron chi connectivity index (χ1n) is 8.60. The molecule has 9 nitrogen and oxygen atoms in total. The quantitative estimate of drug-likeness (QED) is 0.415. The molecule has 0 saturated carbocycles. The molecule has 2 unspecified atom stereocenters. The van der Waals surface area contributed by atoms with E-state index in [-0.39, 0.29) is 37.0 Å². The van der Waals surface area contributed by atoms with Crippen LogP contribution < -0.4 is 16.0 Å². The number of hydrogen-bond donors (Lipinski definition) is 3. The Labute approximate surface area is 175 Å². The van der Waals surface area contributed by atoms with E-state index in [1.807, 2.05) is 6.92 Å². The molecule has 1 saturated heterocycles. The van der Waals surface area contributed by atoms with Crippen LogP contribution in [0.2, 0.25) is 0 Å². The van der Waals surface area contributed by atoms with Crippen molar-refractivity contribution in [1.29, 1.82) is 0 Å². The summed E-state index contributed by atoms with van der Waals surface area (Å²) in [5.41, 5.74) is 0. The predicted octanol–water partition coefficient (Wildman–Crippen LogP) is 0.0650. The van der Waals surface area contributed by atoms with Gasteiger partial charge in [0.15, 0.2) is 9.84 Å². The Hall–Kier alpha value is -1.50. The minimum atomic E-state index is -3.38. The Balaban J connectivity index is 1.85. The van der Waals surface area contributed by atoms with Crippen molar-refractivity contribution in [2.24, 2.45) is 0 Å². The zero-order valence-electron chi connectivity index (χ0n) is 15.2. The van der Waals surface area contributed by atoms with Crippen molar-refractivity contribution in [3.05, 3.63) is 20.8 Å². The van der Waals surface area contributed by atoms with Crippen molar-refractivity contribution in [2.75, 3.05) is 31.3 Å². The van der Waals surface area contributed by atoms with Crippen molar-refractivity contribution in [3.63, 3.8) is 0 Å². The van der Waals surface area contributed by atoms with E-state index >= 15 is 0 Å². The summed E-state index contributed by atoms with van der Waals surface area (Å²) in [6.07, 6.45) is 0.109. The molecule has 0 bridgehead atoms. The fraction of sp³-hybridized carbons (Fsp3) is 0.562. The lowest BCUT2D eigenvalue weighted by Gasteiger charge is -2.21. The minimum absolute atomic E-state index is 0.109. The van der Waals surface area contributed by atoms with E-state index in [9.17, 15) is 22.8 Å². The van der Waals surface area contributed by atoms with Crippen molar-refractivity contribution < 1.29 is 27.5 Å². The van der Waals surface area contributed by atoms with Gasteiger partial charge in [-0.3, -0.25) is 14.4 Å². The third kappa shape index (κ3) is 7.15. The summed E-state index contributed by atoms with van der Waals surface area (Å²) in [6.45, 7) is 2.24. The average molecular weight is 496 g/mol. The summed E-state index contributed by atoms with van der Waals surface area (Å²) >= 11 is 4.49. The number of sulfone groups is 1. The molecule has 3 N–H and O–H groups in total. The molecule has 0 aliphatic carbocycles. The van der Waals surface area contributed by atoms with Crippen LogP contribution in [0.25, 0.3) is 0 Å². The highest BCUT2D eigenvalue weighted by molar-refractivity contribution is 9.11. The van der Waals surface area contributed by atoms with Gasteiger partial charge in [0, 0.05) is 13.0 Å². The number of halogens is 1. The second kappa shape index (κ2) is 10.3. The summed E-state index contributed by atoms with van der Waals surface area (Å²) in [5, 5.41) is 7.71. The van der Waals surface area contributed by atoms with E-state index in [1.54, 1.807) is 12.1 Å². The standard InChI is InChI=1S/C16H22BrN3O6S2/c1-2-26-6-5-14(21)19-10-8-28(24,25)9-11(10)20-15(22)7-18-16(23)12-3-4-13(17)27-12/h3-4,10-11H,2,5-9H2,1H3,(H,18,23)(H,19,21)(H,20,22). The third-order valence-corrected chi connectivity index (χ3v) is 7.29.